The Balaban J connectivity index is 1.55. The Morgan fingerprint density at radius 3 is 2.46 bits per heavy atom. The van der Waals surface area contributed by atoms with Gasteiger partial charge in [-0.1, -0.05) is 42.5 Å². The quantitative estimate of drug-likeness (QED) is 0.606. The van der Waals surface area contributed by atoms with Crippen LogP contribution in [0.4, 0.5) is 0 Å². The highest BCUT2D eigenvalue weighted by Gasteiger charge is 2.33. The number of benzene rings is 3. The molecule has 0 heterocycles. The minimum absolute atomic E-state index is 0.155. The lowest BCUT2D eigenvalue weighted by molar-refractivity contribution is -0.131. The van der Waals surface area contributed by atoms with Crippen molar-refractivity contribution in [3.63, 3.8) is 0 Å². The van der Waals surface area contributed by atoms with Gasteiger partial charge < -0.3 is 14.4 Å². The Bertz CT molecular complexity index is 994. The predicted octanol–water partition coefficient (Wildman–Crippen LogP) is 4.59. The van der Waals surface area contributed by atoms with E-state index in [1.165, 1.54) is 10.8 Å². The second kappa shape index (κ2) is 7.93. The van der Waals surface area contributed by atoms with Gasteiger partial charge in [-0.2, -0.15) is 0 Å². The number of rotatable bonds is 7. The van der Waals surface area contributed by atoms with Gasteiger partial charge in [0, 0.05) is 18.2 Å². The number of hydrogen-bond acceptors (Lipinski definition) is 3. The van der Waals surface area contributed by atoms with Crippen LogP contribution >= 0.6 is 0 Å². The van der Waals surface area contributed by atoms with E-state index in [2.05, 4.69) is 30.3 Å². The van der Waals surface area contributed by atoms with Crippen molar-refractivity contribution in [2.45, 2.75) is 31.8 Å². The largest absolute Gasteiger partial charge is 0.497 e. The number of carbonyl (C=O) groups is 1. The van der Waals surface area contributed by atoms with Crippen LogP contribution in [0.25, 0.3) is 10.8 Å². The molecule has 1 saturated carbocycles. The molecule has 0 radical (unpaired) electrons. The Kier molecular flexibility index (Phi) is 5.20. The van der Waals surface area contributed by atoms with E-state index in [0.29, 0.717) is 19.0 Å². The van der Waals surface area contributed by atoms with Gasteiger partial charge in [-0.25, -0.2) is 0 Å². The molecule has 1 aliphatic carbocycles. The van der Waals surface area contributed by atoms with Gasteiger partial charge in [0.15, 0.2) is 0 Å². The average molecular weight is 375 g/mol. The molecule has 4 heteroatoms. The molecule has 1 aliphatic rings. The molecular weight excluding hydrogens is 350 g/mol. The van der Waals surface area contributed by atoms with Crippen LogP contribution in [-0.4, -0.2) is 31.1 Å². The molecule has 0 aromatic heterocycles. The fourth-order valence-electron chi connectivity index (χ4n) is 3.62. The van der Waals surface area contributed by atoms with Crippen LogP contribution in [0.2, 0.25) is 0 Å². The van der Waals surface area contributed by atoms with Crippen LogP contribution in [0, 0.1) is 0 Å². The average Bonchev–Trinajstić information content (AvgIpc) is 3.56. The van der Waals surface area contributed by atoms with E-state index >= 15 is 0 Å². The summed E-state index contributed by atoms with van der Waals surface area (Å²) >= 11 is 0. The lowest BCUT2D eigenvalue weighted by Crippen LogP contribution is -2.34. The summed E-state index contributed by atoms with van der Waals surface area (Å²) in [5, 5.41) is 2.36. The van der Waals surface area contributed by atoms with E-state index < -0.39 is 0 Å². The van der Waals surface area contributed by atoms with Gasteiger partial charge in [-0.15, -0.1) is 0 Å². The third kappa shape index (κ3) is 3.96. The van der Waals surface area contributed by atoms with E-state index in [9.17, 15) is 4.79 Å². The normalized spacial score (nSPS) is 13.4. The summed E-state index contributed by atoms with van der Waals surface area (Å²) in [7, 11) is 3.30. The zero-order valence-corrected chi connectivity index (χ0v) is 16.4. The van der Waals surface area contributed by atoms with Crippen molar-refractivity contribution in [3.05, 3.63) is 71.8 Å². The molecule has 0 N–H and O–H groups in total. The monoisotopic (exact) mass is 375 g/mol. The van der Waals surface area contributed by atoms with Crippen LogP contribution in [-0.2, 0) is 17.8 Å². The highest BCUT2D eigenvalue weighted by Crippen LogP contribution is 2.32. The molecule has 0 spiro atoms. The predicted molar refractivity (Wildman–Crippen MR) is 111 cm³/mol. The number of fused-ring (bicyclic) bond motifs is 1. The Labute approximate surface area is 165 Å². The lowest BCUT2D eigenvalue weighted by atomic mass is 10.0. The molecule has 28 heavy (non-hydrogen) atoms. The fraction of sp³-hybridized carbons (Fsp3) is 0.292. The molecule has 1 fully saturated rings. The summed E-state index contributed by atoms with van der Waals surface area (Å²) in [5.41, 5.74) is 2.02. The molecule has 0 aliphatic heterocycles. The number of carbonyl (C=O) groups excluding carboxylic acids is 1. The van der Waals surface area contributed by atoms with Gasteiger partial charge in [0.05, 0.1) is 20.6 Å². The first-order chi connectivity index (χ1) is 13.7. The van der Waals surface area contributed by atoms with Gasteiger partial charge >= 0.3 is 0 Å². The third-order valence-corrected chi connectivity index (χ3v) is 5.31. The molecule has 1 amide bonds. The highest BCUT2D eigenvalue weighted by molar-refractivity contribution is 5.85. The van der Waals surface area contributed by atoms with Crippen molar-refractivity contribution in [2.24, 2.45) is 0 Å². The maximum absolute atomic E-state index is 13.1. The molecule has 144 valence electrons. The van der Waals surface area contributed by atoms with E-state index in [0.717, 1.165) is 35.5 Å². The topological polar surface area (TPSA) is 38.8 Å². The van der Waals surface area contributed by atoms with Crippen LogP contribution in [0.1, 0.15) is 24.0 Å². The van der Waals surface area contributed by atoms with Crippen molar-refractivity contribution >= 4 is 16.7 Å². The Morgan fingerprint density at radius 2 is 1.75 bits per heavy atom. The smallest absolute Gasteiger partial charge is 0.227 e. The second-order valence-corrected chi connectivity index (χ2v) is 7.29. The Hall–Kier alpha value is -3.01. The summed E-state index contributed by atoms with van der Waals surface area (Å²) in [4.78, 5) is 15.1. The zero-order valence-electron chi connectivity index (χ0n) is 16.4. The van der Waals surface area contributed by atoms with Gasteiger partial charge in [-0.05, 0) is 47.4 Å². The standard InChI is InChI=1S/C24H25NO3/c1-27-22-11-12-23(28-2)20(15-22)16-25(21-9-10-21)24(26)14-17-7-8-18-5-3-4-6-19(18)13-17/h3-8,11-13,15,21H,9-10,14,16H2,1-2H3. The number of ether oxygens (including phenoxy) is 2. The van der Waals surface area contributed by atoms with Crippen molar-refractivity contribution in [3.8, 4) is 11.5 Å². The summed E-state index contributed by atoms with van der Waals surface area (Å²) < 4.78 is 10.8. The molecule has 4 rings (SSSR count). The minimum Gasteiger partial charge on any atom is -0.497 e. The first-order valence-corrected chi connectivity index (χ1v) is 9.66. The van der Waals surface area contributed by atoms with Gasteiger partial charge in [0.25, 0.3) is 0 Å². The number of amides is 1. The van der Waals surface area contributed by atoms with E-state index in [1.807, 2.05) is 35.2 Å². The molecule has 0 bridgehead atoms. The van der Waals surface area contributed by atoms with Gasteiger partial charge in [0.1, 0.15) is 11.5 Å². The first kappa shape index (κ1) is 18.4. The molecule has 4 nitrogen and oxygen atoms in total. The van der Waals surface area contributed by atoms with Crippen molar-refractivity contribution in [1.82, 2.24) is 4.90 Å². The van der Waals surface area contributed by atoms with E-state index in [-0.39, 0.29) is 5.91 Å². The van der Waals surface area contributed by atoms with Crippen LogP contribution in [0.3, 0.4) is 0 Å². The van der Waals surface area contributed by atoms with Crippen molar-refractivity contribution in [2.75, 3.05) is 14.2 Å². The van der Waals surface area contributed by atoms with Crippen LogP contribution < -0.4 is 9.47 Å². The highest BCUT2D eigenvalue weighted by atomic mass is 16.5. The molecule has 3 aromatic carbocycles. The third-order valence-electron chi connectivity index (χ3n) is 5.31. The number of methoxy groups -OCH3 is 2. The molecule has 0 atom stereocenters. The zero-order chi connectivity index (χ0) is 19.5. The van der Waals surface area contributed by atoms with Crippen molar-refractivity contribution in [1.29, 1.82) is 0 Å². The molecule has 0 unspecified atom stereocenters. The van der Waals surface area contributed by atoms with E-state index in [4.69, 9.17) is 9.47 Å². The van der Waals surface area contributed by atoms with Gasteiger partial charge in [0.2, 0.25) is 5.91 Å². The van der Waals surface area contributed by atoms with Gasteiger partial charge in [-0.3, -0.25) is 4.79 Å². The number of hydrogen-bond donors (Lipinski definition) is 0. The van der Waals surface area contributed by atoms with E-state index in [1.54, 1.807) is 14.2 Å². The molecular formula is C24H25NO3. The molecule has 0 saturated heterocycles. The Morgan fingerprint density at radius 1 is 0.964 bits per heavy atom. The fourth-order valence-corrected chi connectivity index (χ4v) is 3.62. The summed E-state index contributed by atoms with van der Waals surface area (Å²) in [5.74, 6) is 1.71. The number of nitrogens with zero attached hydrogens (tertiary/aromatic N) is 1. The maximum Gasteiger partial charge on any atom is 0.227 e. The minimum atomic E-state index is 0.155. The summed E-state index contributed by atoms with van der Waals surface area (Å²) in [6.45, 7) is 0.539. The van der Waals surface area contributed by atoms with Crippen LogP contribution in [0.15, 0.2) is 60.7 Å². The first-order valence-electron chi connectivity index (χ1n) is 9.66. The SMILES string of the molecule is COc1ccc(OC)c(CN(C(=O)Cc2ccc3ccccc3c2)C2CC2)c1. The van der Waals surface area contributed by atoms with Crippen molar-refractivity contribution < 1.29 is 14.3 Å². The summed E-state index contributed by atoms with van der Waals surface area (Å²) in [6.07, 6.45) is 2.54. The lowest BCUT2D eigenvalue weighted by Gasteiger charge is -2.24. The summed E-state index contributed by atoms with van der Waals surface area (Å²) in [6, 6.07) is 20.5. The maximum atomic E-state index is 13.1. The second-order valence-electron chi connectivity index (χ2n) is 7.29. The van der Waals surface area contributed by atoms with Crippen LogP contribution in [0.5, 0.6) is 11.5 Å². The molecule has 3 aromatic rings.